The van der Waals surface area contributed by atoms with E-state index in [4.69, 9.17) is 16.3 Å². The Balaban J connectivity index is 1.61. The third-order valence-electron chi connectivity index (χ3n) is 4.90. The number of likely N-dealkylation sites (tertiary alicyclic amines) is 1. The molecule has 0 spiro atoms. The fourth-order valence-corrected chi connectivity index (χ4v) is 3.51. The lowest BCUT2D eigenvalue weighted by molar-refractivity contribution is 0.0695. The molecule has 0 atom stereocenters. The number of ether oxygens (including phenoxy) is 1. The average Bonchev–Trinajstić information content (AvgIpc) is 2.68. The van der Waals surface area contributed by atoms with Gasteiger partial charge in [-0.05, 0) is 49.6 Å². The Bertz CT molecular complexity index is 845. The lowest BCUT2D eigenvalue weighted by atomic mass is 10.0. The predicted octanol–water partition coefficient (Wildman–Crippen LogP) is 3.69. The monoisotopic (exact) mass is 386 g/mol. The molecule has 27 heavy (non-hydrogen) atoms. The van der Waals surface area contributed by atoms with Gasteiger partial charge in [0.15, 0.2) is 0 Å². The van der Waals surface area contributed by atoms with Crippen LogP contribution in [0.4, 0.5) is 0 Å². The number of amides is 2. The second kappa shape index (κ2) is 8.44. The van der Waals surface area contributed by atoms with Gasteiger partial charge in [0.05, 0.1) is 12.7 Å². The minimum absolute atomic E-state index is 0.0578. The number of methoxy groups -OCH3 is 1. The van der Waals surface area contributed by atoms with Crippen molar-refractivity contribution in [2.75, 3.05) is 20.2 Å². The van der Waals surface area contributed by atoms with Crippen LogP contribution in [0.15, 0.2) is 42.5 Å². The van der Waals surface area contributed by atoms with Crippen molar-refractivity contribution in [1.29, 1.82) is 0 Å². The number of aryl methyl sites for hydroxylation is 1. The second-order valence-corrected chi connectivity index (χ2v) is 7.14. The van der Waals surface area contributed by atoms with Crippen LogP contribution in [0.1, 0.15) is 39.1 Å². The first-order valence-corrected chi connectivity index (χ1v) is 9.36. The van der Waals surface area contributed by atoms with Gasteiger partial charge in [-0.25, -0.2) is 0 Å². The molecule has 1 aliphatic heterocycles. The number of benzene rings is 2. The molecule has 1 aliphatic rings. The van der Waals surface area contributed by atoms with Gasteiger partial charge in [0.2, 0.25) is 0 Å². The Kier molecular flexibility index (Phi) is 6.01. The van der Waals surface area contributed by atoms with Crippen molar-refractivity contribution in [3.8, 4) is 5.75 Å². The largest absolute Gasteiger partial charge is 0.496 e. The molecule has 3 rings (SSSR count). The SMILES string of the molecule is COc1ccc(Cl)cc1C(=O)N1CCC(NC(=O)c2ccccc2C)CC1. The lowest BCUT2D eigenvalue weighted by Gasteiger charge is -2.32. The predicted molar refractivity (Wildman–Crippen MR) is 106 cm³/mol. The summed E-state index contributed by atoms with van der Waals surface area (Å²) in [6.45, 7) is 3.08. The smallest absolute Gasteiger partial charge is 0.257 e. The van der Waals surface area contributed by atoms with E-state index < -0.39 is 0 Å². The highest BCUT2D eigenvalue weighted by Gasteiger charge is 2.26. The van der Waals surface area contributed by atoms with Crippen LogP contribution in [0.2, 0.25) is 5.02 Å². The minimum atomic E-state index is -0.0990. The molecule has 0 bridgehead atoms. The average molecular weight is 387 g/mol. The molecule has 0 saturated carbocycles. The van der Waals surface area contributed by atoms with Crippen molar-refractivity contribution in [2.45, 2.75) is 25.8 Å². The number of piperidine rings is 1. The lowest BCUT2D eigenvalue weighted by Crippen LogP contribution is -2.46. The van der Waals surface area contributed by atoms with Crippen LogP contribution in [0.5, 0.6) is 5.75 Å². The van der Waals surface area contributed by atoms with Crippen molar-refractivity contribution < 1.29 is 14.3 Å². The van der Waals surface area contributed by atoms with E-state index in [1.54, 1.807) is 23.1 Å². The number of carbonyl (C=O) groups is 2. The fraction of sp³-hybridized carbons (Fsp3) is 0.333. The van der Waals surface area contributed by atoms with Crippen LogP contribution in [0.25, 0.3) is 0 Å². The summed E-state index contributed by atoms with van der Waals surface area (Å²) in [5.41, 5.74) is 2.11. The summed E-state index contributed by atoms with van der Waals surface area (Å²) in [5, 5.41) is 3.58. The molecule has 142 valence electrons. The van der Waals surface area contributed by atoms with Crippen molar-refractivity contribution in [2.24, 2.45) is 0 Å². The van der Waals surface area contributed by atoms with Crippen molar-refractivity contribution in [3.63, 3.8) is 0 Å². The molecule has 1 saturated heterocycles. The molecular formula is C21H23ClN2O3. The Morgan fingerprint density at radius 3 is 2.48 bits per heavy atom. The summed E-state index contributed by atoms with van der Waals surface area (Å²) in [6.07, 6.45) is 1.43. The minimum Gasteiger partial charge on any atom is -0.496 e. The molecule has 1 N–H and O–H groups in total. The zero-order valence-corrected chi connectivity index (χ0v) is 16.3. The molecule has 0 radical (unpaired) electrons. The summed E-state index contributed by atoms with van der Waals surface area (Å²) >= 11 is 6.03. The highest BCUT2D eigenvalue weighted by molar-refractivity contribution is 6.31. The quantitative estimate of drug-likeness (QED) is 0.871. The molecular weight excluding hydrogens is 364 g/mol. The van der Waals surface area contributed by atoms with Crippen LogP contribution in [0, 0.1) is 6.92 Å². The molecule has 0 aliphatic carbocycles. The highest BCUT2D eigenvalue weighted by Crippen LogP contribution is 2.25. The Hall–Kier alpha value is -2.53. The maximum atomic E-state index is 12.8. The zero-order chi connectivity index (χ0) is 19.4. The van der Waals surface area contributed by atoms with Crippen molar-refractivity contribution in [3.05, 3.63) is 64.2 Å². The fourth-order valence-electron chi connectivity index (χ4n) is 3.34. The number of rotatable bonds is 4. The molecule has 1 fully saturated rings. The van der Waals surface area contributed by atoms with E-state index in [0.717, 1.165) is 5.56 Å². The summed E-state index contributed by atoms with van der Waals surface area (Å²) in [7, 11) is 1.54. The van der Waals surface area contributed by atoms with E-state index in [0.29, 0.717) is 47.8 Å². The first-order chi connectivity index (χ1) is 13.0. The van der Waals surface area contributed by atoms with Gasteiger partial charge in [-0.2, -0.15) is 0 Å². The number of halogens is 1. The topological polar surface area (TPSA) is 58.6 Å². The zero-order valence-electron chi connectivity index (χ0n) is 15.5. The van der Waals surface area contributed by atoms with Gasteiger partial charge in [-0.15, -0.1) is 0 Å². The molecule has 0 aromatic heterocycles. The standard InChI is InChI=1S/C21H23ClN2O3/c1-14-5-3-4-6-17(14)20(25)23-16-9-11-24(12-10-16)21(26)18-13-15(22)7-8-19(18)27-2/h3-8,13,16H,9-12H2,1-2H3,(H,23,25). The summed E-state index contributed by atoms with van der Waals surface area (Å²) in [6, 6.07) is 12.6. The van der Waals surface area contributed by atoms with Gasteiger partial charge in [0.1, 0.15) is 5.75 Å². The molecule has 1 heterocycles. The van der Waals surface area contributed by atoms with Crippen LogP contribution in [0.3, 0.4) is 0 Å². The second-order valence-electron chi connectivity index (χ2n) is 6.70. The number of carbonyl (C=O) groups excluding carboxylic acids is 2. The van der Waals surface area contributed by atoms with Gasteiger partial charge in [0.25, 0.3) is 11.8 Å². The molecule has 2 amide bonds. The Labute approximate surface area is 164 Å². The van der Waals surface area contributed by atoms with Gasteiger partial charge in [-0.1, -0.05) is 29.8 Å². The summed E-state index contributed by atoms with van der Waals surface area (Å²) in [5.74, 6) is 0.354. The van der Waals surface area contributed by atoms with E-state index in [-0.39, 0.29) is 17.9 Å². The maximum absolute atomic E-state index is 12.8. The molecule has 0 unspecified atom stereocenters. The van der Waals surface area contributed by atoms with E-state index in [1.807, 2.05) is 31.2 Å². The Morgan fingerprint density at radius 1 is 1.11 bits per heavy atom. The van der Waals surface area contributed by atoms with Crippen LogP contribution >= 0.6 is 11.6 Å². The summed E-state index contributed by atoms with van der Waals surface area (Å²) in [4.78, 5) is 27.1. The third-order valence-corrected chi connectivity index (χ3v) is 5.13. The van der Waals surface area contributed by atoms with Gasteiger partial charge < -0.3 is 15.0 Å². The van der Waals surface area contributed by atoms with E-state index >= 15 is 0 Å². The first-order valence-electron chi connectivity index (χ1n) is 8.99. The molecule has 2 aromatic rings. The van der Waals surface area contributed by atoms with Crippen molar-refractivity contribution in [1.82, 2.24) is 10.2 Å². The molecule has 6 heteroatoms. The number of hydrogen-bond acceptors (Lipinski definition) is 3. The number of nitrogens with one attached hydrogen (secondary N) is 1. The molecule has 5 nitrogen and oxygen atoms in total. The third kappa shape index (κ3) is 4.42. The van der Waals surface area contributed by atoms with Crippen LogP contribution in [-0.2, 0) is 0 Å². The van der Waals surface area contributed by atoms with E-state index in [1.165, 1.54) is 7.11 Å². The first kappa shape index (κ1) is 19.2. The van der Waals surface area contributed by atoms with Crippen molar-refractivity contribution >= 4 is 23.4 Å². The maximum Gasteiger partial charge on any atom is 0.257 e. The van der Waals surface area contributed by atoms with E-state index in [9.17, 15) is 9.59 Å². The highest BCUT2D eigenvalue weighted by atomic mass is 35.5. The normalized spacial score (nSPS) is 14.7. The Morgan fingerprint density at radius 2 is 1.81 bits per heavy atom. The summed E-state index contributed by atoms with van der Waals surface area (Å²) < 4.78 is 5.28. The van der Waals surface area contributed by atoms with Crippen LogP contribution in [-0.4, -0.2) is 43.0 Å². The van der Waals surface area contributed by atoms with Gasteiger partial charge >= 0.3 is 0 Å². The van der Waals surface area contributed by atoms with Gasteiger partial charge in [-0.3, -0.25) is 9.59 Å². The van der Waals surface area contributed by atoms with Crippen LogP contribution < -0.4 is 10.1 Å². The number of nitrogens with zero attached hydrogens (tertiary/aromatic N) is 1. The van der Waals surface area contributed by atoms with E-state index in [2.05, 4.69) is 5.32 Å². The van der Waals surface area contributed by atoms with Gasteiger partial charge in [0, 0.05) is 29.7 Å². The molecule has 2 aromatic carbocycles. The number of hydrogen-bond donors (Lipinski definition) is 1.